The monoisotopic (exact) mass is 393 g/mol. The second kappa shape index (κ2) is 8.28. The number of carbonyl (C=O) groups is 2. The lowest BCUT2D eigenvalue weighted by molar-refractivity contribution is -0.153. The molecule has 1 aromatic heterocycles. The maximum atomic E-state index is 12.4. The van der Waals surface area contributed by atoms with Gasteiger partial charge in [-0.15, -0.1) is 0 Å². The van der Waals surface area contributed by atoms with E-state index < -0.39 is 18.7 Å². The minimum atomic E-state index is -4.41. The highest BCUT2D eigenvalue weighted by Gasteiger charge is 2.34. The van der Waals surface area contributed by atoms with Crippen LogP contribution in [0.3, 0.4) is 0 Å². The van der Waals surface area contributed by atoms with Gasteiger partial charge in [-0.05, 0) is 36.4 Å². The molecule has 0 radical (unpaired) electrons. The minimum absolute atomic E-state index is 0.0490. The van der Waals surface area contributed by atoms with Crippen molar-refractivity contribution in [1.29, 1.82) is 0 Å². The van der Waals surface area contributed by atoms with Crippen molar-refractivity contribution in [1.82, 2.24) is 9.88 Å². The van der Waals surface area contributed by atoms with Crippen LogP contribution < -0.4 is 10.1 Å². The average Bonchev–Trinajstić information content (AvgIpc) is 3.02. The molecular formula is C19H18F3N3O3. The van der Waals surface area contributed by atoms with Gasteiger partial charge in [-0.1, -0.05) is 6.07 Å². The molecule has 0 bridgehead atoms. The van der Waals surface area contributed by atoms with E-state index in [0.717, 1.165) is 5.69 Å². The molecule has 2 heterocycles. The van der Waals surface area contributed by atoms with E-state index in [1.807, 2.05) is 12.1 Å². The Morgan fingerprint density at radius 1 is 1.21 bits per heavy atom. The quantitative estimate of drug-likeness (QED) is 0.819. The van der Waals surface area contributed by atoms with Gasteiger partial charge in [-0.25, -0.2) is 0 Å². The van der Waals surface area contributed by atoms with Gasteiger partial charge in [0.25, 0.3) is 0 Å². The summed E-state index contributed by atoms with van der Waals surface area (Å²) < 4.78 is 41.1. The molecular weight excluding hydrogens is 375 g/mol. The number of likely N-dealkylation sites (tertiary alicyclic amines) is 1. The Hall–Kier alpha value is -3.10. The number of aromatic nitrogens is 1. The Kier molecular flexibility index (Phi) is 5.81. The standard InChI is InChI=1S/C19H18F3N3O3/c20-19(21,22)12-28-16-6-4-14(5-7-16)24-18(27)13-9-17(26)25(10-13)11-15-3-1-2-8-23-15/h1-8,13H,9-12H2,(H,24,27). The fourth-order valence-electron chi connectivity index (χ4n) is 2.83. The van der Waals surface area contributed by atoms with Crippen LogP contribution in [0.25, 0.3) is 0 Å². The van der Waals surface area contributed by atoms with Gasteiger partial charge >= 0.3 is 6.18 Å². The SMILES string of the molecule is O=C(Nc1ccc(OCC(F)(F)F)cc1)C1CC(=O)N(Cc2ccccn2)C1. The summed E-state index contributed by atoms with van der Waals surface area (Å²) in [5.74, 6) is -0.896. The van der Waals surface area contributed by atoms with Crippen molar-refractivity contribution in [2.75, 3.05) is 18.5 Å². The second-order valence-electron chi connectivity index (χ2n) is 6.41. The maximum absolute atomic E-state index is 12.4. The molecule has 28 heavy (non-hydrogen) atoms. The van der Waals surface area contributed by atoms with Gasteiger partial charge in [0.15, 0.2) is 6.61 Å². The van der Waals surface area contributed by atoms with E-state index >= 15 is 0 Å². The van der Waals surface area contributed by atoms with Crippen LogP contribution in [0.2, 0.25) is 0 Å². The van der Waals surface area contributed by atoms with Gasteiger partial charge in [0.05, 0.1) is 18.2 Å². The second-order valence-corrected chi connectivity index (χ2v) is 6.41. The molecule has 1 aliphatic heterocycles. The lowest BCUT2D eigenvalue weighted by Gasteiger charge is -2.16. The summed E-state index contributed by atoms with van der Waals surface area (Å²) >= 11 is 0. The van der Waals surface area contributed by atoms with Crippen LogP contribution in [0.4, 0.5) is 18.9 Å². The number of pyridine rings is 1. The fourth-order valence-corrected chi connectivity index (χ4v) is 2.83. The molecule has 0 aliphatic carbocycles. The van der Waals surface area contributed by atoms with Crippen molar-refractivity contribution in [3.05, 3.63) is 54.4 Å². The maximum Gasteiger partial charge on any atom is 0.422 e. The molecule has 1 aliphatic rings. The molecule has 9 heteroatoms. The normalized spacial score (nSPS) is 16.9. The number of halogens is 3. The van der Waals surface area contributed by atoms with E-state index in [2.05, 4.69) is 15.0 Å². The number of hydrogen-bond acceptors (Lipinski definition) is 4. The predicted octanol–water partition coefficient (Wildman–Crippen LogP) is 3.01. The van der Waals surface area contributed by atoms with Crippen molar-refractivity contribution >= 4 is 17.5 Å². The van der Waals surface area contributed by atoms with Crippen molar-refractivity contribution in [2.45, 2.75) is 19.1 Å². The van der Waals surface area contributed by atoms with Crippen molar-refractivity contribution < 1.29 is 27.5 Å². The predicted molar refractivity (Wildman–Crippen MR) is 94.4 cm³/mol. The third-order valence-corrected chi connectivity index (χ3v) is 4.19. The number of hydrogen-bond donors (Lipinski definition) is 1. The molecule has 0 saturated carbocycles. The first-order valence-corrected chi connectivity index (χ1v) is 8.58. The zero-order valence-corrected chi connectivity index (χ0v) is 14.8. The van der Waals surface area contributed by atoms with E-state index in [-0.39, 0.29) is 30.5 Å². The number of nitrogens with zero attached hydrogens (tertiary/aromatic N) is 2. The van der Waals surface area contributed by atoms with Crippen LogP contribution in [0, 0.1) is 5.92 Å². The Balaban J connectivity index is 1.53. The summed E-state index contributed by atoms with van der Waals surface area (Å²) in [4.78, 5) is 30.3. The number of benzene rings is 1. The van der Waals surface area contributed by atoms with E-state index in [9.17, 15) is 22.8 Å². The van der Waals surface area contributed by atoms with E-state index in [4.69, 9.17) is 0 Å². The molecule has 2 amide bonds. The number of ether oxygens (including phenoxy) is 1. The Morgan fingerprint density at radius 2 is 1.96 bits per heavy atom. The molecule has 6 nitrogen and oxygen atoms in total. The van der Waals surface area contributed by atoms with Crippen LogP contribution in [-0.2, 0) is 16.1 Å². The summed E-state index contributed by atoms with van der Waals surface area (Å²) in [6.07, 6.45) is -2.67. The Bertz CT molecular complexity index is 826. The van der Waals surface area contributed by atoms with Gasteiger partial charge in [0.1, 0.15) is 5.75 Å². The average molecular weight is 393 g/mol. The molecule has 1 saturated heterocycles. The van der Waals surface area contributed by atoms with Crippen LogP contribution >= 0.6 is 0 Å². The molecule has 1 fully saturated rings. The highest BCUT2D eigenvalue weighted by molar-refractivity contribution is 5.97. The topological polar surface area (TPSA) is 71.5 Å². The third kappa shape index (κ3) is 5.45. The van der Waals surface area contributed by atoms with E-state index in [1.54, 1.807) is 17.2 Å². The van der Waals surface area contributed by atoms with Gasteiger partial charge in [-0.3, -0.25) is 14.6 Å². The Morgan fingerprint density at radius 3 is 2.61 bits per heavy atom. The lowest BCUT2D eigenvalue weighted by Crippen LogP contribution is -2.28. The molecule has 2 aromatic rings. The van der Waals surface area contributed by atoms with Crippen LogP contribution in [-0.4, -0.2) is 41.0 Å². The number of anilines is 1. The van der Waals surface area contributed by atoms with Crippen LogP contribution in [0.5, 0.6) is 5.75 Å². The fraction of sp³-hybridized carbons (Fsp3) is 0.316. The smallest absolute Gasteiger partial charge is 0.422 e. The number of carbonyl (C=O) groups excluding carboxylic acids is 2. The molecule has 0 spiro atoms. The lowest BCUT2D eigenvalue weighted by atomic mass is 10.1. The first kappa shape index (κ1) is 19.7. The number of alkyl halides is 3. The molecule has 1 aromatic carbocycles. The van der Waals surface area contributed by atoms with Crippen LogP contribution in [0.1, 0.15) is 12.1 Å². The van der Waals surface area contributed by atoms with Gasteiger partial charge in [0.2, 0.25) is 11.8 Å². The van der Waals surface area contributed by atoms with Crippen LogP contribution in [0.15, 0.2) is 48.7 Å². The number of rotatable bonds is 6. The number of amides is 2. The van der Waals surface area contributed by atoms with Gasteiger partial charge < -0.3 is 15.0 Å². The van der Waals surface area contributed by atoms with Gasteiger partial charge in [0, 0.05) is 24.8 Å². The van der Waals surface area contributed by atoms with E-state index in [0.29, 0.717) is 12.2 Å². The third-order valence-electron chi connectivity index (χ3n) is 4.19. The van der Waals surface area contributed by atoms with E-state index in [1.165, 1.54) is 24.3 Å². The highest BCUT2D eigenvalue weighted by Crippen LogP contribution is 2.23. The first-order valence-electron chi connectivity index (χ1n) is 8.58. The molecule has 1 atom stereocenters. The first-order chi connectivity index (χ1) is 13.3. The molecule has 1 unspecified atom stereocenters. The number of nitrogens with one attached hydrogen (secondary N) is 1. The molecule has 3 rings (SSSR count). The Labute approximate surface area is 159 Å². The largest absolute Gasteiger partial charge is 0.484 e. The summed E-state index contributed by atoms with van der Waals surface area (Å²) in [7, 11) is 0. The highest BCUT2D eigenvalue weighted by atomic mass is 19.4. The summed E-state index contributed by atoms with van der Waals surface area (Å²) in [6, 6.07) is 11.0. The summed E-state index contributed by atoms with van der Waals surface area (Å²) in [5, 5.41) is 2.68. The minimum Gasteiger partial charge on any atom is -0.484 e. The molecule has 148 valence electrons. The summed E-state index contributed by atoms with van der Waals surface area (Å²) in [5.41, 5.74) is 1.16. The van der Waals surface area contributed by atoms with Gasteiger partial charge in [-0.2, -0.15) is 13.2 Å². The van der Waals surface area contributed by atoms with Crippen molar-refractivity contribution in [2.24, 2.45) is 5.92 Å². The zero-order chi connectivity index (χ0) is 20.1. The molecule has 1 N–H and O–H groups in total. The van der Waals surface area contributed by atoms with Crippen molar-refractivity contribution in [3.8, 4) is 5.75 Å². The van der Waals surface area contributed by atoms with Crippen molar-refractivity contribution in [3.63, 3.8) is 0 Å². The zero-order valence-electron chi connectivity index (χ0n) is 14.8. The summed E-state index contributed by atoms with van der Waals surface area (Å²) in [6.45, 7) is -0.752.